The zero-order chi connectivity index (χ0) is 27.7. The van der Waals surface area contributed by atoms with Crippen molar-refractivity contribution in [3.8, 4) is 0 Å². The molecule has 0 saturated carbocycles. The van der Waals surface area contributed by atoms with E-state index >= 15 is 0 Å². The fraction of sp³-hybridized carbons (Fsp3) is 0.161. The predicted molar refractivity (Wildman–Crippen MR) is 152 cm³/mol. The number of esters is 1. The van der Waals surface area contributed by atoms with Gasteiger partial charge in [0.1, 0.15) is 0 Å². The van der Waals surface area contributed by atoms with E-state index in [0.29, 0.717) is 29.1 Å². The van der Waals surface area contributed by atoms with Crippen LogP contribution in [0, 0.1) is 0 Å². The van der Waals surface area contributed by atoms with E-state index in [-0.39, 0.29) is 17.3 Å². The molecule has 4 rings (SSSR count). The van der Waals surface area contributed by atoms with Gasteiger partial charge < -0.3 is 10.1 Å². The number of amides is 1. The number of hydrogen-bond donors (Lipinski definition) is 1. The molecule has 0 aliphatic heterocycles. The average Bonchev–Trinajstić information content (AvgIpc) is 2.97. The summed E-state index contributed by atoms with van der Waals surface area (Å²) in [5, 5.41) is 2.81. The number of para-hydroxylation sites is 1. The molecule has 0 bridgehead atoms. The minimum absolute atomic E-state index is 0.0962. The topological polar surface area (TPSA) is 92.8 Å². The maximum Gasteiger partial charge on any atom is 0.338 e. The van der Waals surface area contributed by atoms with Crippen molar-refractivity contribution in [1.29, 1.82) is 0 Å². The van der Waals surface area contributed by atoms with Gasteiger partial charge in [-0.3, -0.25) is 9.10 Å². The molecule has 0 heterocycles. The molecular weight excluding hydrogens is 512 g/mol. The highest BCUT2D eigenvalue weighted by Crippen LogP contribution is 2.26. The zero-order valence-corrected chi connectivity index (χ0v) is 22.4. The van der Waals surface area contributed by atoms with E-state index < -0.39 is 16.0 Å². The maximum atomic E-state index is 13.5. The molecule has 39 heavy (non-hydrogen) atoms. The highest BCUT2D eigenvalue weighted by atomic mass is 32.2. The Labute approximate surface area is 229 Å². The molecule has 7 nitrogen and oxygen atoms in total. The summed E-state index contributed by atoms with van der Waals surface area (Å²) in [4.78, 5) is 25.1. The Morgan fingerprint density at radius 2 is 1.36 bits per heavy atom. The first kappa shape index (κ1) is 27.6. The van der Waals surface area contributed by atoms with Crippen molar-refractivity contribution in [2.24, 2.45) is 0 Å². The van der Waals surface area contributed by atoms with Crippen molar-refractivity contribution in [1.82, 2.24) is 0 Å². The van der Waals surface area contributed by atoms with E-state index in [0.717, 1.165) is 18.4 Å². The summed E-state index contributed by atoms with van der Waals surface area (Å²) in [5.41, 5.74) is 2.64. The van der Waals surface area contributed by atoms with Crippen LogP contribution in [-0.2, 0) is 21.3 Å². The van der Waals surface area contributed by atoms with Crippen LogP contribution >= 0.6 is 0 Å². The monoisotopic (exact) mass is 542 g/mol. The van der Waals surface area contributed by atoms with Gasteiger partial charge in [0, 0.05) is 11.3 Å². The third kappa shape index (κ3) is 7.12. The highest BCUT2D eigenvalue weighted by molar-refractivity contribution is 7.92. The minimum Gasteiger partial charge on any atom is -0.462 e. The minimum atomic E-state index is -3.81. The Morgan fingerprint density at radius 3 is 1.97 bits per heavy atom. The van der Waals surface area contributed by atoms with Gasteiger partial charge in [0.25, 0.3) is 15.9 Å². The van der Waals surface area contributed by atoms with Crippen LogP contribution in [0.3, 0.4) is 0 Å². The standard InChI is InChI=1S/C31H30N2O5S/c1-2-3-22-38-31(35)26-18-20-27(21-19-26)32-30(34)25-16-14-24(15-17-25)23-33(28-10-6-4-7-11-28)39(36,37)29-12-8-5-9-13-29/h4-21H,2-3,22-23H2,1H3,(H,32,34). The third-order valence-corrected chi connectivity index (χ3v) is 7.82. The normalized spacial score (nSPS) is 11.0. The summed E-state index contributed by atoms with van der Waals surface area (Å²) < 4.78 is 33.5. The number of sulfonamides is 1. The van der Waals surface area contributed by atoms with Gasteiger partial charge in [-0.05, 0) is 72.6 Å². The molecule has 4 aromatic carbocycles. The van der Waals surface area contributed by atoms with Gasteiger partial charge in [-0.15, -0.1) is 0 Å². The quantitative estimate of drug-likeness (QED) is 0.178. The SMILES string of the molecule is CCCCOC(=O)c1ccc(NC(=O)c2ccc(CN(c3ccccc3)S(=O)(=O)c3ccccc3)cc2)cc1. The zero-order valence-electron chi connectivity index (χ0n) is 21.6. The van der Waals surface area contributed by atoms with Crippen molar-refractivity contribution < 1.29 is 22.7 Å². The molecule has 0 aromatic heterocycles. The van der Waals surface area contributed by atoms with Crippen molar-refractivity contribution in [2.75, 3.05) is 16.2 Å². The molecule has 0 fully saturated rings. The van der Waals surface area contributed by atoms with Crippen molar-refractivity contribution >= 4 is 33.3 Å². The second-order valence-corrected chi connectivity index (χ2v) is 10.7. The van der Waals surface area contributed by atoms with Gasteiger partial charge in [-0.1, -0.05) is 61.9 Å². The Morgan fingerprint density at radius 1 is 0.769 bits per heavy atom. The van der Waals surface area contributed by atoms with Crippen LogP contribution in [0.1, 0.15) is 46.0 Å². The van der Waals surface area contributed by atoms with Crippen molar-refractivity contribution in [3.63, 3.8) is 0 Å². The molecule has 1 amide bonds. The van der Waals surface area contributed by atoms with E-state index in [1.54, 1.807) is 103 Å². The number of nitrogens with one attached hydrogen (secondary N) is 1. The fourth-order valence-corrected chi connectivity index (χ4v) is 5.32. The summed E-state index contributed by atoms with van der Waals surface area (Å²) in [6, 6.07) is 30.5. The molecule has 0 unspecified atom stereocenters. The number of carbonyl (C=O) groups is 2. The predicted octanol–water partition coefficient (Wildman–Crippen LogP) is 6.29. The van der Waals surface area contributed by atoms with Crippen LogP contribution in [0.2, 0.25) is 0 Å². The lowest BCUT2D eigenvalue weighted by atomic mass is 10.1. The van der Waals surface area contributed by atoms with Gasteiger partial charge in [-0.25, -0.2) is 13.2 Å². The highest BCUT2D eigenvalue weighted by Gasteiger charge is 2.25. The lowest BCUT2D eigenvalue weighted by Gasteiger charge is -2.25. The van der Waals surface area contributed by atoms with E-state index in [4.69, 9.17) is 4.74 Å². The molecular formula is C31H30N2O5S. The molecule has 1 N–H and O–H groups in total. The molecule has 0 saturated heterocycles. The second kappa shape index (κ2) is 12.9. The molecule has 0 aliphatic rings. The molecule has 0 radical (unpaired) electrons. The van der Waals surface area contributed by atoms with E-state index in [9.17, 15) is 18.0 Å². The summed E-state index contributed by atoms with van der Waals surface area (Å²) in [7, 11) is -3.81. The summed E-state index contributed by atoms with van der Waals surface area (Å²) >= 11 is 0. The van der Waals surface area contributed by atoms with Gasteiger partial charge in [0.2, 0.25) is 0 Å². The molecule has 0 spiro atoms. The van der Waals surface area contributed by atoms with E-state index in [1.807, 2.05) is 13.0 Å². The van der Waals surface area contributed by atoms with Gasteiger partial charge in [0.15, 0.2) is 0 Å². The maximum absolute atomic E-state index is 13.5. The van der Waals surface area contributed by atoms with Crippen LogP contribution in [0.25, 0.3) is 0 Å². The first-order chi connectivity index (χ1) is 18.9. The number of benzene rings is 4. The van der Waals surface area contributed by atoms with Crippen LogP contribution < -0.4 is 9.62 Å². The smallest absolute Gasteiger partial charge is 0.338 e. The number of hydrogen-bond acceptors (Lipinski definition) is 5. The van der Waals surface area contributed by atoms with Crippen molar-refractivity contribution in [3.05, 3.63) is 126 Å². The number of rotatable bonds is 11. The third-order valence-electron chi connectivity index (χ3n) is 6.03. The number of ether oxygens (including phenoxy) is 1. The summed E-state index contributed by atoms with van der Waals surface area (Å²) in [6.45, 7) is 2.50. The first-order valence-electron chi connectivity index (χ1n) is 12.7. The molecule has 0 atom stereocenters. The van der Waals surface area contributed by atoms with Crippen LogP contribution in [-0.4, -0.2) is 26.9 Å². The number of anilines is 2. The Kier molecular flexibility index (Phi) is 9.12. The Balaban J connectivity index is 1.45. The van der Waals surface area contributed by atoms with Gasteiger partial charge >= 0.3 is 5.97 Å². The fourth-order valence-electron chi connectivity index (χ4n) is 3.84. The number of carbonyl (C=O) groups excluding carboxylic acids is 2. The average molecular weight is 543 g/mol. The lowest BCUT2D eigenvalue weighted by molar-refractivity contribution is 0.0499. The van der Waals surface area contributed by atoms with Gasteiger partial charge in [0.05, 0.1) is 29.3 Å². The van der Waals surface area contributed by atoms with Gasteiger partial charge in [-0.2, -0.15) is 0 Å². The Bertz CT molecular complexity index is 1490. The van der Waals surface area contributed by atoms with E-state index in [1.165, 1.54) is 4.31 Å². The molecule has 4 aromatic rings. The van der Waals surface area contributed by atoms with Crippen LogP contribution in [0.5, 0.6) is 0 Å². The summed E-state index contributed by atoms with van der Waals surface area (Å²) in [5.74, 6) is -0.715. The second-order valence-electron chi connectivity index (χ2n) is 8.88. The molecule has 200 valence electrons. The van der Waals surface area contributed by atoms with Crippen LogP contribution in [0.4, 0.5) is 11.4 Å². The molecule has 8 heteroatoms. The Hall–Kier alpha value is -4.43. The number of unbranched alkanes of at least 4 members (excludes halogenated alkanes) is 1. The van der Waals surface area contributed by atoms with Crippen LogP contribution in [0.15, 0.2) is 114 Å². The largest absolute Gasteiger partial charge is 0.462 e. The number of nitrogens with zero attached hydrogens (tertiary/aromatic N) is 1. The van der Waals surface area contributed by atoms with E-state index in [2.05, 4.69) is 5.32 Å². The summed E-state index contributed by atoms with van der Waals surface area (Å²) in [6.07, 6.45) is 1.75. The molecule has 0 aliphatic carbocycles. The first-order valence-corrected chi connectivity index (χ1v) is 14.1. The lowest BCUT2D eigenvalue weighted by Crippen LogP contribution is -2.30. The van der Waals surface area contributed by atoms with Crippen molar-refractivity contribution in [2.45, 2.75) is 31.2 Å².